The summed E-state index contributed by atoms with van der Waals surface area (Å²) >= 11 is 0. The van der Waals surface area contributed by atoms with E-state index in [9.17, 15) is 9.59 Å². The van der Waals surface area contributed by atoms with E-state index in [1.807, 2.05) is 6.07 Å². The predicted octanol–water partition coefficient (Wildman–Crippen LogP) is 2.72. The third-order valence-corrected chi connectivity index (χ3v) is 3.06. The average Bonchev–Trinajstić information content (AvgIpc) is 2.59. The van der Waals surface area contributed by atoms with E-state index in [2.05, 4.69) is 16.0 Å². The third-order valence-electron chi connectivity index (χ3n) is 3.06. The van der Waals surface area contributed by atoms with Crippen LogP contribution < -0.4 is 20.7 Å². The van der Waals surface area contributed by atoms with Crippen LogP contribution in [0.1, 0.15) is 12.5 Å². The van der Waals surface area contributed by atoms with Gasteiger partial charge in [-0.1, -0.05) is 12.1 Å². The Kier molecular flexibility index (Phi) is 6.37. The summed E-state index contributed by atoms with van der Waals surface area (Å²) in [6.07, 6.45) is 0. The van der Waals surface area contributed by atoms with Crippen molar-refractivity contribution in [3.63, 3.8) is 0 Å². The van der Waals surface area contributed by atoms with Crippen LogP contribution in [0.4, 0.5) is 16.2 Å². The number of urea groups is 1. The molecule has 0 saturated heterocycles. The number of hydrogen-bond acceptors (Lipinski definition) is 4. The molecule has 0 aliphatic heterocycles. The molecule has 0 radical (unpaired) electrons. The number of hydrogen-bond donors (Lipinski definition) is 3. The second-order valence-electron chi connectivity index (χ2n) is 5.13. The standard InChI is InChI=1S/C18H18N4O3/c1-13(23)21-16-6-3-7-17(11-16)25-9-8-20-18(24)22-15-5-2-4-14(10-15)12-19/h2-7,10-11H,8-9H2,1H3,(H,21,23)(H2,20,22,24). The summed E-state index contributed by atoms with van der Waals surface area (Å²) in [5.41, 5.74) is 1.66. The number of amides is 3. The minimum absolute atomic E-state index is 0.157. The molecule has 0 unspecified atom stereocenters. The van der Waals surface area contributed by atoms with Gasteiger partial charge in [0.1, 0.15) is 12.4 Å². The molecule has 0 spiro atoms. The molecule has 0 aliphatic carbocycles. The first-order valence-corrected chi connectivity index (χ1v) is 7.62. The van der Waals surface area contributed by atoms with Crippen molar-refractivity contribution >= 4 is 23.3 Å². The number of nitrogens with one attached hydrogen (secondary N) is 3. The van der Waals surface area contributed by atoms with E-state index in [1.165, 1.54) is 6.92 Å². The maximum absolute atomic E-state index is 11.8. The number of benzene rings is 2. The molecule has 0 heterocycles. The quantitative estimate of drug-likeness (QED) is 0.705. The highest BCUT2D eigenvalue weighted by molar-refractivity contribution is 5.89. The lowest BCUT2D eigenvalue weighted by atomic mass is 10.2. The van der Waals surface area contributed by atoms with E-state index < -0.39 is 0 Å². The molecule has 3 amide bonds. The molecule has 128 valence electrons. The summed E-state index contributed by atoms with van der Waals surface area (Å²) in [6, 6.07) is 15.3. The van der Waals surface area contributed by atoms with E-state index in [1.54, 1.807) is 48.5 Å². The van der Waals surface area contributed by atoms with Gasteiger partial charge in [0.2, 0.25) is 5.91 Å². The van der Waals surface area contributed by atoms with E-state index in [4.69, 9.17) is 10.00 Å². The van der Waals surface area contributed by atoms with E-state index in [-0.39, 0.29) is 18.5 Å². The molecule has 2 aromatic rings. The fraction of sp³-hybridized carbons (Fsp3) is 0.167. The molecule has 0 aliphatic rings. The van der Waals surface area contributed by atoms with Gasteiger partial charge in [-0.15, -0.1) is 0 Å². The minimum Gasteiger partial charge on any atom is -0.492 e. The molecular weight excluding hydrogens is 320 g/mol. The van der Waals surface area contributed by atoms with Gasteiger partial charge in [-0.25, -0.2) is 4.79 Å². The summed E-state index contributed by atoms with van der Waals surface area (Å²) in [6.45, 7) is 2.01. The highest BCUT2D eigenvalue weighted by atomic mass is 16.5. The van der Waals surface area contributed by atoms with Crippen LogP contribution in [0, 0.1) is 11.3 Å². The summed E-state index contributed by atoms with van der Waals surface area (Å²) in [4.78, 5) is 22.8. The monoisotopic (exact) mass is 338 g/mol. The lowest BCUT2D eigenvalue weighted by Crippen LogP contribution is -2.32. The molecule has 7 heteroatoms. The van der Waals surface area contributed by atoms with Crippen molar-refractivity contribution < 1.29 is 14.3 Å². The van der Waals surface area contributed by atoms with Crippen LogP contribution in [-0.2, 0) is 4.79 Å². The highest BCUT2D eigenvalue weighted by Gasteiger charge is 2.03. The molecule has 7 nitrogen and oxygen atoms in total. The Balaban J connectivity index is 1.74. The minimum atomic E-state index is -0.384. The lowest BCUT2D eigenvalue weighted by Gasteiger charge is -2.10. The normalized spacial score (nSPS) is 9.60. The molecule has 0 fully saturated rings. The van der Waals surface area contributed by atoms with Crippen LogP contribution in [0.15, 0.2) is 48.5 Å². The summed E-state index contributed by atoms with van der Waals surface area (Å²) < 4.78 is 5.53. The Morgan fingerprint density at radius 3 is 2.52 bits per heavy atom. The number of ether oxygens (including phenoxy) is 1. The second-order valence-corrected chi connectivity index (χ2v) is 5.13. The number of carbonyl (C=O) groups excluding carboxylic acids is 2. The van der Waals surface area contributed by atoms with Gasteiger partial charge in [0.25, 0.3) is 0 Å². The fourth-order valence-electron chi connectivity index (χ4n) is 2.04. The molecular formula is C18H18N4O3. The highest BCUT2D eigenvalue weighted by Crippen LogP contribution is 2.17. The van der Waals surface area contributed by atoms with Crippen molar-refractivity contribution in [2.24, 2.45) is 0 Å². The summed E-state index contributed by atoms with van der Waals surface area (Å²) in [5, 5.41) is 16.8. The lowest BCUT2D eigenvalue weighted by molar-refractivity contribution is -0.114. The van der Waals surface area contributed by atoms with E-state index >= 15 is 0 Å². The molecule has 0 saturated carbocycles. The molecule has 3 N–H and O–H groups in total. The first kappa shape index (κ1) is 17.8. The summed E-state index contributed by atoms with van der Waals surface area (Å²) in [7, 11) is 0. The maximum atomic E-state index is 11.8. The first-order valence-electron chi connectivity index (χ1n) is 7.62. The second kappa shape index (κ2) is 8.93. The number of nitriles is 1. The van der Waals surface area contributed by atoms with Gasteiger partial charge < -0.3 is 20.7 Å². The Morgan fingerprint density at radius 2 is 1.80 bits per heavy atom. The van der Waals surface area contributed by atoms with Crippen molar-refractivity contribution in [2.45, 2.75) is 6.92 Å². The zero-order valence-electron chi connectivity index (χ0n) is 13.7. The van der Waals surface area contributed by atoms with Crippen LogP contribution in [0.2, 0.25) is 0 Å². The Morgan fingerprint density at radius 1 is 1.08 bits per heavy atom. The van der Waals surface area contributed by atoms with Gasteiger partial charge in [0.15, 0.2) is 0 Å². The number of nitrogens with zero attached hydrogens (tertiary/aromatic N) is 1. The smallest absolute Gasteiger partial charge is 0.319 e. The van der Waals surface area contributed by atoms with Crippen LogP contribution >= 0.6 is 0 Å². The first-order chi connectivity index (χ1) is 12.1. The SMILES string of the molecule is CC(=O)Nc1cccc(OCCNC(=O)Nc2cccc(C#N)c2)c1. The fourth-order valence-corrected chi connectivity index (χ4v) is 2.04. The van der Waals surface area contributed by atoms with Crippen molar-refractivity contribution in [1.29, 1.82) is 5.26 Å². The predicted molar refractivity (Wildman–Crippen MR) is 94.4 cm³/mol. The van der Waals surface area contributed by atoms with Crippen LogP contribution in [0.25, 0.3) is 0 Å². The van der Waals surface area contributed by atoms with E-state index in [0.29, 0.717) is 29.2 Å². The molecule has 2 rings (SSSR count). The van der Waals surface area contributed by atoms with Crippen molar-refractivity contribution in [3.8, 4) is 11.8 Å². The van der Waals surface area contributed by atoms with Crippen LogP contribution in [-0.4, -0.2) is 25.1 Å². The zero-order chi connectivity index (χ0) is 18.1. The Bertz CT molecular complexity index is 799. The third kappa shape index (κ3) is 6.23. The Hall–Kier alpha value is -3.53. The topological polar surface area (TPSA) is 103 Å². The summed E-state index contributed by atoms with van der Waals surface area (Å²) in [5.74, 6) is 0.436. The molecule has 25 heavy (non-hydrogen) atoms. The van der Waals surface area contributed by atoms with Crippen LogP contribution in [0.3, 0.4) is 0 Å². The molecule has 0 bridgehead atoms. The van der Waals surface area contributed by atoms with Gasteiger partial charge in [0.05, 0.1) is 18.2 Å². The van der Waals surface area contributed by atoms with Crippen molar-refractivity contribution in [3.05, 3.63) is 54.1 Å². The maximum Gasteiger partial charge on any atom is 0.319 e. The van der Waals surface area contributed by atoms with Gasteiger partial charge in [-0.3, -0.25) is 4.79 Å². The van der Waals surface area contributed by atoms with E-state index in [0.717, 1.165) is 0 Å². The van der Waals surface area contributed by atoms with Crippen molar-refractivity contribution in [1.82, 2.24) is 5.32 Å². The molecule has 0 aromatic heterocycles. The van der Waals surface area contributed by atoms with Gasteiger partial charge in [-0.05, 0) is 30.3 Å². The largest absolute Gasteiger partial charge is 0.492 e. The van der Waals surface area contributed by atoms with Crippen LogP contribution in [0.5, 0.6) is 5.75 Å². The Labute approximate surface area is 145 Å². The number of rotatable bonds is 6. The van der Waals surface area contributed by atoms with Gasteiger partial charge in [-0.2, -0.15) is 5.26 Å². The number of carbonyl (C=O) groups is 2. The van der Waals surface area contributed by atoms with Crippen molar-refractivity contribution in [2.75, 3.05) is 23.8 Å². The van der Waals surface area contributed by atoms with Gasteiger partial charge >= 0.3 is 6.03 Å². The molecule has 2 aromatic carbocycles. The average molecular weight is 338 g/mol. The number of anilines is 2. The zero-order valence-corrected chi connectivity index (χ0v) is 13.7. The molecule has 0 atom stereocenters. The van der Waals surface area contributed by atoms with Gasteiger partial charge in [0, 0.05) is 24.4 Å².